The zero-order valence-corrected chi connectivity index (χ0v) is 13.3. The van der Waals surface area contributed by atoms with Gasteiger partial charge < -0.3 is 10.2 Å². The van der Waals surface area contributed by atoms with E-state index in [0.29, 0.717) is 11.5 Å². The second-order valence-electron chi connectivity index (χ2n) is 6.81. The van der Waals surface area contributed by atoms with Gasteiger partial charge in [-0.15, -0.1) is 5.10 Å². The van der Waals surface area contributed by atoms with Crippen LogP contribution in [0.15, 0.2) is 6.20 Å². The quantitative estimate of drug-likeness (QED) is 0.817. The van der Waals surface area contributed by atoms with Crippen molar-refractivity contribution in [3.63, 3.8) is 0 Å². The minimum Gasteiger partial charge on any atom is -0.309 e. The Morgan fingerprint density at radius 1 is 1.37 bits per heavy atom. The first-order chi connectivity index (χ1) is 8.76. The summed E-state index contributed by atoms with van der Waals surface area (Å²) in [5, 5.41) is 11.7. The van der Waals surface area contributed by atoms with Crippen LogP contribution in [0.4, 0.5) is 0 Å². The van der Waals surface area contributed by atoms with Crippen LogP contribution in [0.3, 0.4) is 0 Å². The van der Waals surface area contributed by atoms with Gasteiger partial charge in [0.25, 0.3) is 0 Å². The molecule has 0 spiro atoms. The van der Waals surface area contributed by atoms with Crippen molar-refractivity contribution in [3.05, 3.63) is 11.9 Å². The summed E-state index contributed by atoms with van der Waals surface area (Å²) in [5.41, 5.74) is 1.34. The molecule has 0 aromatic carbocycles. The highest BCUT2D eigenvalue weighted by Gasteiger charge is 2.13. The molecule has 0 atom stereocenters. The van der Waals surface area contributed by atoms with E-state index in [2.05, 4.69) is 62.2 Å². The zero-order valence-electron chi connectivity index (χ0n) is 13.3. The van der Waals surface area contributed by atoms with Crippen molar-refractivity contribution in [2.75, 3.05) is 20.1 Å². The Hall–Kier alpha value is -0.940. The second kappa shape index (κ2) is 7.01. The van der Waals surface area contributed by atoms with Gasteiger partial charge in [-0.3, -0.25) is 4.68 Å². The van der Waals surface area contributed by atoms with Gasteiger partial charge in [0.05, 0.1) is 12.2 Å². The molecule has 1 rings (SSSR count). The van der Waals surface area contributed by atoms with Crippen molar-refractivity contribution in [1.29, 1.82) is 0 Å². The molecular weight excluding hydrogens is 238 g/mol. The van der Waals surface area contributed by atoms with E-state index in [1.165, 1.54) is 0 Å². The first-order valence-corrected chi connectivity index (χ1v) is 7.07. The third-order valence-electron chi connectivity index (χ3n) is 2.73. The summed E-state index contributed by atoms with van der Waals surface area (Å²) in [6.45, 7) is 14.8. The van der Waals surface area contributed by atoms with Gasteiger partial charge in [0.15, 0.2) is 0 Å². The Bertz CT molecular complexity index is 364. The molecule has 0 fully saturated rings. The number of aromatic nitrogens is 3. The molecule has 0 aliphatic heterocycles. The first-order valence-electron chi connectivity index (χ1n) is 7.07. The summed E-state index contributed by atoms with van der Waals surface area (Å²) in [6.07, 6.45) is 2.03. The van der Waals surface area contributed by atoms with E-state index in [1.54, 1.807) is 0 Å². The first kappa shape index (κ1) is 16.1. The van der Waals surface area contributed by atoms with Crippen LogP contribution >= 0.6 is 0 Å². The molecular formula is C14H29N5. The van der Waals surface area contributed by atoms with Crippen molar-refractivity contribution < 1.29 is 0 Å². The van der Waals surface area contributed by atoms with Crippen molar-refractivity contribution in [2.24, 2.45) is 5.41 Å². The van der Waals surface area contributed by atoms with Crippen LogP contribution in [0.25, 0.3) is 0 Å². The topological polar surface area (TPSA) is 46.0 Å². The third-order valence-corrected chi connectivity index (χ3v) is 2.73. The standard InChI is InChI=1S/C14H29N5/c1-12(2)15-9-13-10-19(17-16-13)8-7-18(6)11-14(3,4)5/h10,12,15H,7-9,11H2,1-6H3. The Balaban J connectivity index is 2.33. The van der Waals surface area contributed by atoms with E-state index >= 15 is 0 Å². The monoisotopic (exact) mass is 267 g/mol. The van der Waals surface area contributed by atoms with Crippen molar-refractivity contribution in [2.45, 2.75) is 53.8 Å². The summed E-state index contributed by atoms with van der Waals surface area (Å²) in [7, 11) is 2.16. The van der Waals surface area contributed by atoms with E-state index in [0.717, 1.165) is 31.9 Å². The van der Waals surface area contributed by atoms with Gasteiger partial charge in [-0.25, -0.2) is 0 Å². The lowest BCUT2D eigenvalue weighted by Gasteiger charge is -2.26. The Morgan fingerprint density at radius 2 is 2.05 bits per heavy atom. The Kier molecular flexibility index (Phi) is 5.94. The average molecular weight is 267 g/mol. The summed E-state index contributed by atoms with van der Waals surface area (Å²) in [4.78, 5) is 2.34. The molecule has 1 heterocycles. The molecule has 0 saturated carbocycles. The van der Waals surface area contributed by atoms with E-state index in [1.807, 2.05) is 10.9 Å². The molecule has 0 unspecified atom stereocenters. The maximum Gasteiger partial charge on any atom is 0.0964 e. The van der Waals surface area contributed by atoms with E-state index < -0.39 is 0 Å². The SMILES string of the molecule is CC(C)NCc1cn(CCN(C)CC(C)(C)C)nn1. The largest absolute Gasteiger partial charge is 0.309 e. The van der Waals surface area contributed by atoms with Crippen LogP contribution in [0.2, 0.25) is 0 Å². The van der Waals surface area contributed by atoms with Gasteiger partial charge in [0, 0.05) is 31.9 Å². The lowest BCUT2D eigenvalue weighted by atomic mass is 9.96. The summed E-state index contributed by atoms with van der Waals surface area (Å²) in [6, 6.07) is 0.475. The minimum absolute atomic E-state index is 0.337. The van der Waals surface area contributed by atoms with Crippen molar-refractivity contribution in [3.8, 4) is 0 Å². The summed E-state index contributed by atoms with van der Waals surface area (Å²) < 4.78 is 1.93. The normalized spacial score (nSPS) is 12.6. The minimum atomic E-state index is 0.337. The third kappa shape index (κ3) is 7.28. The fourth-order valence-corrected chi connectivity index (χ4v) is 2.00. The van der Waals surface area contributed by atoms with Crippen LogP contribution in [0.1, 0.15) is 40.3 Å². The number of nitrogens with zero attached hydrogens (tertiary/aromatic N) is 4. The molecule has 0 bridgehead atoms. The molecule has 0 saturated heterocycles. The number of likely N-dealkylation sites (N-methyl/N-ethyl adjacent to an activating group) is 1. The van der Waals surface area contributed by atoms with Gasteiger partial charge in [0.1, 0.15) is 0 Å². The van der Waals surface area contributed by atoms with Crippen molar-refractivity contribution in [1.82, 2.24) is 25.2 Å². The lowest BCUT2D eigenvalue weighted by Crippen LogP contribution is -2.31. The molecule has 1 aromatic heterocycles. The second-order valence-corrected chi connectivity index (χ2v) is 6.81. The van der Waals surface area contributed by atoms with E-state index in [-0.39, 0.29) is 0 Å². The molecule has 0 amide bonds. The molecule has 0 radical (unpaired) electrons. The lowest BCUT2D eigenvalue weighted by molar-refractivity contribution is 0.218. The van der Waals surface area contributed by atoms with Crippen LogP contribution in [0, 0.1) is 5.41 Å². The van der Waals surface area contributed by atoms with Crippen LogP contribution < -0.4 is 5.32 Å². The Labute approximate surface area is 117 Å². The smallest absolute Gasteiger partial charge is 0.0964 e. The zero-order chi connectivity index (χ0) is 14.5. The fourth-order valence-electron chi connectivity index (χ4n) is 2.00. The van der Waals surface area contributed by atoms with E-state index in [4.69, 9.17) is 0 Å². The Morgan fingerprint density at radius 3 is 2.63 bits per heavy atom. The van der Waals surface area contributed by atoms with Crippen LogP contribution in [0.5, 0.6) is 0 Å². The highest BCUT2D eigenvalue weighted by atomic mass is 15.4. The van der Waals surface area contributed by atoms with Crippen molar-refractivity contribution >= 4 is 0 Å². The number of nitrogens with one attached hydrogen (secondary N) is 1. The fraction of sp³-hybridized carbons (Fsp3) is 0.857. The predicted octanol–water partition coefficient (Wildman–Crippen LogP) is 1.75. The number of rotatable bonds is 7. The van der Waals surface area contributed by atoms with Gasteiger partial charge in [-0.1, -0.05) is 39.8 Å². The molecule has 5 nitrogen and oxygen atoms in total. The van der Waals surface area contributed by atoms with Crippen LogP contribution in [-0.2, 0) is 13.1 Å². The molecule has 0 aliphatic rings. The predicted molar refractivity (Wildman–Crippen MR) is 78.9 cm³/mol. The number of hydrogen-bond acceptors (Lipinski definition) is 4. The molecule has 1 aromatic rings. The maximum absolute atomic E-state index is 4.17. The van der Waals surface area contributed by atoms with Gasteiger partial charge in [0.2, 0.25) is 0 Å². The molecule has 19 heavy (non-hydrogen) atoms. The highest BCUT2D eigenvalue weighted by molar-refractivity contribution is 4.91. The maximum atomic E-state index is 4.17. The molecule has 0 aliphatic carbocycles. The summed E-state index contributed by atoms with van der Waals surface area (Å²) >= 11 is 0. The molecule has 5 heteroatoms. The average Bonchev–Trinajstić information content (AvgIpc) is 2.69. The van der Waals surface area contributed by atoms with Gasteiger partial charge in [-0.2, -0.15) is 0 Å². The molecule has 1 N–H and O–H groups in total. The van der Waals surface area contributed by atoms with Gasteiger partial charge in [-0.05, 0) is 12.5 Å². The molecule has 110 valence electrons. The van der Waals surface area contributed by atoms with E-state index in [9.17, 15) is 0 Å². The highest BCUT2D eigenvalue weighted by Crippen LogP contribution is 2.13. The van der Waals surface area contributed by atoms with Crippen LogP contribution in [-0.4, -0.2) is 46.1 Å². The number of hydrogen-bond donors (Lipinski definition) is 1. The van der Waals surface area contributed by atoms with Gasteiger partial charge >= 0.3 is 0 Å². The summed E-state index contributed by atoms with van der Waals surface area (Å²) in [5.74, 6) is 0.